The Hall–Kier alpha value is -1.36. The molecule has 0 spiro atoms. The average molecular weight is 512 g/mol. The van der Waals surface area contributed by atoms with Crippen LogP contribution >= 0.6 is 24.0 Å². The molecule has 1 aromatic rings. The Morgan fingerprint density at radius 2 is 2.00 bits per heavy atom. The summed E-state index contributed by atoms with van der Waals surface area (Å²) in [6, 6.07) is 4.74. The number of likely N-dealkylation sites (tertiary alicyclic amines) is 1. The maximum Gasteiger partial charge on any atom is 0.387 e. The monoisotopic (exact) mass is 512 g/mol. The number of hydrogen-bond acceptors (Lipinski definition) is 4. The molecule has 2 rings (SSSR count). The Labute approximate surface area is 183 Å². The molecule has 0 bridgehead atoms. The van der Waals surface area contributed by atoms with Crippen LogP contribution in [0.25, 0.3) is 0 Å². The largest absolute Gasteiger partial charge is 0.497 e. The SMILES string of the molecule is CCNC(=NCc1cc(OC)ccc1OC(F)F)NCC1CCN(C)CC1.I. The van der Waals surface area contributed by atoms with Gasteiger partial charge < -0.3 is 25.0 Å². The van der Waals surface area contributed by atoms with Crippen LogP contribution in [0.15, 0.2) is 23.2 Å². The Balaban J connectivity index is 0.00000392. The van der Waals surface area contributed by atoms with Crippen molar-refractivity contribution in [2.45, 2.75) is 32.9 Å². The van der Waals surface area contributed by atoms with Gasteiger partial charge in [0.2, 0.25) is 0 Å². The van der Waals surface area contributed by atoms with Crippen LogP contribution < -0.4 is 20.1 Å². The number of nitrogens with one attached hydrogen (secondary N) is 2. The number of alkyl halides is 2. The standard InChI is InChI=1S/C19H30F2N4O2.HI/c1-4-22-19(23-12-14-7-9-25(2)10-8-14)24-13-15-11-16(26-3)5-6-17(15)27-18(20)21;/h5-6,11,14,18H,4,7-10,12-13H2,1-3H3,(H2,22,23,24);1H. The summed E-state index contributed by atoms with van der Waals surface area (Å²) in [6.07, 6.45) is 2.32. The summed E-state index contributed by atoms with van der Waals surface area (Å²) < 4.78 is 35.1. The lowest BCUT2D eigenvalue weighted by atomic mass is 9.97. The number of guanidine groups is 1. The first-order valence-electron chi connectivity index (χ1n) is 9.34. The molecule has 1 heterocycles. The van der Waals surface area contributed by atoms with Crippen molar-refractivity contribution in [2.75, 3.05) is 40.3 Å². The lowest BCUT2D eigenvalue weighted by molar-refractivity contribution is -0.0504. The summed E-state index contributed by atoms with van der Waals surface area (Å²) in [5.74, 6) is 1.97. The lowest BCUT2D eigenvalue weighted by Crippen LogP contribution is -2.42. The van der Waals surface area contributed by atoms with E-state index < -0.39 is 6.61 Å². The average Bonchev–Trinajstić information content (AvgIpc) is 2.65. The highest BCUT2D eigenvalue weighted by molar-refractivity contribution is 14.0. The number of ether oxygens (including phenoxy) is 2. The second-order valence-corrected chi connectivity index (χ2v) is 6.67. The fourth-order valence-corrected chi connectivity index (χ4v) is 3.03. The molecular weight excluding hydrogens is 481 g/mol. The third-order valence-corrected chi connectivity index (χ3v) is 4.63. The molecular formula is C19H31F2IN4O2. The van der Waals surface area contributed by atoms with Gasteiger partial charge in [0, 0.05) is 18.7 Å². The summed E-state index contributed by atoms with van der Waals surface area (Å²) in [5, 5.41) is 6.56. The van der Waals surface area contributed by atoms with Crippen LogP contribution in [0.4, 0.5) is 8.78 Å². The first-order valence-corrected chi connectivity index (χ1v) is 9.34. The summed E-state index contributed by atoms with van der Waals surface area (Å²) in [5.41, 5.74) is 0.547. The second kappa shape index (κ2) is 13.0. The molecule has 0 saturated carbocycles. The molecule has 160 valence electrons. The minimum atomic E-state index is -2.88. The molecule has 9 heteroatoms. The molecule has 1 fully saturated rings. The minimum Gasteiger partial charge on any atom is -0.497 e. The van der Waals surface area contributed by atoms with Crippen LogP contribution in [-0.4, -0.2) is 57.8 Å². The molecule has 28 heavy (non-hydrogen) atoms. The zero-order valence-corrected chi connectivity index (χ0v) is 19.0. The number of hydrogen-bond donors (Lipinski definition) is 2. The molecule has 1 saturated heterocycles. The highest BCUT2D eigenvalue weighted by Gasteiger charge is 2.17. The minimum absolute atomic E-state index is 0. The predicted molar refractivity (Wildman–Crippen MR) is 118 cm³/mol. The fraction of sp³-hybridized carbons (Fsp3) is 0.632. The molecule has 6 nitrogen and oxygen atoms in total. The zero-order valence-electron chi connectivity index (χ0n) is 16.7. The van der Waals surface area contributed by atoms with Gasteiger partial charge in [0.05, 0.1) is 13.7 Å². The maximum atomic E-state index is 12.6. The Morgan fingerprint density at radius 1 is 1.29 bits per heavy atom. The molecule has 0 radical (unpaired) electrons. The number of nitrogens with zero attached hydrogens (tertiary/aromatic N) is 2. The van der Waals surface area contributed by atoms with Crippen molar-refractivity contribution in [3.05, 3.63) is 23.8 Å². The van der Waals surface area contributed by atoms with Crippen molar-refractivity contribution in [2.24, 2.45) is 10.9 Å². The van der Waals surface area contributed by atoms with Crippen LogP contribution in [0, 0.1) is 5.92 Å². The smallest absolute Gasteiger partial charge is 0.387 e. The van der Waals surface area contributed by atoms with Crippen LogP contribution in [0.5, 0.6) is 11.5 Å². The van der Waals surface area contributed by atoms with Gasteiger partial charge in [0.25, 0.3) is 0 Å². The number of piperidine rings is 1. The number of benzene rings is 1. The summed E-state index contributed by atoms with van der Waals surface area (Å²) in [4.78, 5) is 6.87. The highest BCUT2D eigenvalue weighted by atomic mass is 127. The van der Waals surface area contributed by atoms with Gasteiger partial charge in [-0.15, -0.1) is 24.0 Å². The van der Waals surface area contributed by atoms with Crippen molar-refractivity contribution in [3.8, 4) is 11.5 Å². The van der Waals surface area contributed by atoms with E-state index in [-0.39, 0.29) is 36.3 Å². The van der Waals surface area contributed by atoms with Crippen molar-refractivity contribution < 1.29 is 18.3 Å². The van der Waals surface area contributed by atoms with E-state index in [1.54, 1.807) is 12.1 Å². The topological polar surface area (TPSA) is 58.1 Å². The lowest BCUT2D eigenvalue weighted by Gasteiger charge is -2.29. The summed E-state index contributed by atoms with van der Waals surface area (Å²) >= 11 is 0. The molecule has 1 aliphatic heterocycles. The van der Waals surface area contributed by atoms with Crippen LogP contribution in [-0.2, 0) is 6.54 Å². The van der Waals surface area contributed by atoms with Gasteiger partial charge in [-0.3, -0.25) is 0 Å². The van der Waals surface area contributed by atoms with E-state index in [0.29, 0.717) is 23.2 Å². The highest BCUT2D eigenvalue weighted by Crippen LogP contribution is 2.26. The van der Waals surface area contributed by atoms with Gasteiger partial charge in [-0.05, 0) is 64.0 Å². The van der Waals surface area contributed by atoms with E-state index in [9.17, 15) is 8.78 Å². The number of methoxy groups -OCH3 is 1. The van der Waals surface area contributed by atoms with Gasteiger partial charge in [-0.1, -0.05) is 0 Å². The summed E-state index contributed by atoms with van der Waals surface area (Å²) in [6.45, 7) is 3.11. The maximum absolute atomic E-state index is 12.6. The first-order chi connectivity index (χ1) is 13.0. The zero-order chi connectivity index (χ0) is 19.6. The number of halogens is 3. The number of aliphatic imine (C=N–C) groups is 1. The van der Waals surface area contributed by atoms with E-state index in [1.807, 2.05) is 6.92 Å². The summed E-state index contributed by atoms with van der Waals surface area (Å²) in [7, 11) is 3.67. The molecule has 0 aromatic heterocycles. The molecule has 0 aliphatic carbocycles. The molecule has 1 aromatic carbocycles. The molecule has 0 amide bonds. The second-order valence-electron chi connectivity index (χ2n) is 6.67. The third kappa shape index (κ3) is 8.34. The Bertz CT molecular complexity index is 612. The van der Waals surface area contributed by atoms with Crippen LogP contribution in [0.1, 0.15) is 25.3 Å². The number of rotatable bonds is 8. The van der Waals surface area contributed by atoms with Crippen molar-refractivity contribution >= 4 is 29.9 Å². The van der Waals surface area contributed by atoms with Gasteiger partial charge in [0.1, 0.15) is 11.5 Å². The Kier molecular flexibility index (Phi) is 11.4. The third-order valence-electron chi connectivity index (χ3n) is 4.63. The van der Waals surface area contributed by atoms with E-state index >= 15 is 0 Å². The first kappa shape index (κ1) is 24.7. The molecule has 0 unspecified atom stereocenters. The van der Waals surface area contributed by atoms with E-state index in [0.717, 1.165) is 39.0 Å². The van der Waals surface area contributed by atoms with Crippen LogP contribution in [0.2, 0.25) is 0 Å². The normalized spacial score (nSPS) is 15.9. The van der Waals surface area contributed by atoms with Gasteiger partial charge >= 0.3 is 6.61 Å². The van der Waals surface area contributed by atoms with Gasteiger partial charge in [0.15, 0.2) is 5.96 Å². The van der Waals surface area contributed by atoms with Crippen molar-refractivity contribution in [1.82, 2.24) is 15.5 Å². The molecule has 0 atom stereocenters. The van der Waals surface area contributed by atoms with Gasteiger partial charge in [-0.2, -0.15) is 8.78 Å². The van der Waals surface area contributed by atoms with Crippen molar-refractivity contribution in [3.63, 3.8) is 0 Å². The molecule has 1 aliphatic rings. The molecule has 2 N–H and O–H groups in total. The van der Waals surface area contributed by atoms with E-state index in [4.69, 9.17) is 4.74 Å². The predicted octanol–water partition coefficient (Wildman–Crippen LogP) is 3.31. The van der Waals surface area contributed by atoms with E-state index in [2.05, 4.69) is 32.3 Å². The quantitative estimate of drug-likeness (QED) is 0.318. The van der Waals surface area contributed by atoms with Gasteiger partial charge in [-0.25, -0.2) is 4.99 Å². The van der Waals surface area contributed by atoms with Crippen LogP contribution in [0.3, 0.4) is 0 Å². The fourth-order valence-electron chi connectivity index (χ4n) is 3.03. The van der Waals surface area contributed by atoms with E-state index in [1.165, 1.54) is 13.2 Å². The Morgan fingerprint density at radius 3 is 2.61 bits per heavy atom. The van der Waals surface area contributed by atoms with Crippen molar-refractivity contribution in [1.29, 1.82) is 0 Å².